The highest BCUT2D eigenvalue weighted by Crippen LogP contribution is 2.36. The highest BCUT2D eigenvalue weighted by molar-refractivity contribution is 9.10. The smallest absolute Gasteiger partial charge is 0.335 e. The van der Waals surface area contributed by atoms with E-state index in [2.05, 4.69) is 27.3 Å². The number of nitrogens with one attached hydrogen (secondary N) is 1. The van der Waals surface area contributed by atoms with Gasteiger partial charge in [0, 0.05) is 10.6 Å². The van der Waals surface area contributed by atoms with Crippen molar-refractivity contribution in [1.82, 2.24) is 5.32 Å². The summed E-state index contributed by atoms with van der Waals surface area (Å²) in [6, 6.07) is 17.5. The monoisotopic (exact) mass is 569 g/mol. The molecule has 1 fully saturated rings. The summed E-state index contributed by atoms with van der Waals surface area (Å²) in [7, 11) is 0. The first-order valence-electron chi connectivity index (χ1n) is 10.1. The summed E-state index contributed by atoms with van der Waals surface area (Å²) < 4.78 is 6.29. The lowest BCUT2D eigenvalue weighted by molar-refractivity contribution is -0.122. The number of benzene rings is 3. The number of carbonyl (C=O) groups is 3. The van der Waals surface area contributed by atoms with Crippen LogP contribution in [-0.2, 0) is 16.2 Å². The van der Waals surface area contributed by atoms with E-state index in [9.17, 15) is 19.6 Å². The van der Waals surface area contributed by atoms with Crippen molar-refractivity contribution in [2.24, 2.45) is 0 Å². The maximum absolute atomic E-state index is 13.0. The molecule has 174 valence electrons. The molecule has 10 heteroatoms. The van der Waals surface area contributed by atoms with Crippen molar-refractivity contribution in [1.29, 1.82) is 5.26 Å². The van der Waals surface area contributed by atoms with Crippen LogP contribution in [0.4, 0.5) is 10.5 Å². The number of nitriles is 1. The first-order valence-corrected chi connectivity index (χ1v) is 11.6. The van der Waals surface area contributed by atoms with Crippen LogP contribution in [0.1, 0.15) is 16.7 Å². The quantitative estimate of drug-likeness (QED) is 0.305. The van der Waals surface area contributed by atoms with Gasteiger partial charge in [0.2, 0.25) is 0 Å². The Kier molecular flexibility index (Phi) is 7.22. The fourth-order valence-electron chi connectivity index (χ4n) is 3.35. The summed E-state index contributed by atoms with van der Waals surface area (Å²) in [5, 5.41) is 12.1. The van der Waals surface area contributed by atoms with Crippen LogP contribution < -0.4 is 15.0 Å². The van der Waals surface area contributed by atoms with Gasteiger partial charge in [-0.15, -0.1) is 0 Å². The van der Waals surface area contributed by atoms with Crippen LogP contribution in [0.15, 0.2) is 70.7 Å². The third-order valence-electron chi connectivity index (χ3n) is 5.03. The number of rotatable bonds is 5. The summed E-state index contributed by atoms with van der Waals surface area (Å²) in [5.74, 6) is -1.29. The molecule has 1 heterocycles. The topological polar surface area (TPSA) is 99.5 Å². The van der Waals surface area contributed by atoms with E-state index in [1.165, 1.54) is 36.4 Å². The second-order valence-electron chi connectivity index (χ2n) is 7.31. The Morgan fingerprint density at radius 2 is 1.77 bits per heavy atom. The van der Waals surface area contributed by atoms with Gasteiger partial charge in [-0.25, -0.2) is 9.69 Å². The van der Waals surface area contributed by atoms with Crippen molar-refractivity contribution in [3.05, 3.63) is 97.4 Å². The third kappa shape index (κ3) is 5.23. The van der Waals surface area contributed by atoms with Crippen LogP contribution >= 0.6 is 39.1 Å². The first kappa shape index (κ1) is 24.5. The van der Waals surface area contributed by atoms with E-state index in [0.29, 0.717) is 31.9 Å². The fraction of sp³-hybridized carbons (Fsp3) is 0.0400. The summed E-state index contributed by atoms with van der Waals surface area (Å²) in [5.41, 5.74) is 1.62. The molecule has 0 aromatic heterocycles. The molecule has 0 radical (unpaired) electrons. The molecule has 35 heavy (non-hydrogen) atoms. The van der Waals surface area contributed by atoms with E-state index >= 15 is 0 Å². The van der Waals surface area contributed by atoms with Crippen LogP contribution in [0.5, 0.6) is 5.75 Å². The van der Waals surface area contributed by atoms with Crippen LogP contribution in [0.2, 0.25) is 10.0 Å². The summed E-state index contributed by atoms with van der Waals surface area (Å²) in [4.78, 5) is 38.7. The molecule has 0 aliphatic carbocycles. The molecule has 0 atom stereocenters. The minimum atomic E-state index is -0.861. The molecule has 0 spiro atoms. The molecule has 3 aromatic rings. The molecule has 4 amide bonds. The lowest BCUT2D eigenvalue weighted by atomic mass is 10.1. The van der Waals surface area contributed by atoms with Gasteiger partial charge in [-0.3, -0.25) is 14.9 Å². The predicted octanol–water partition coefficient (Wildman–Crippen LogP) is 5.87. The number of barbiturate groups is 1. The number of hydrogen-bond acceptors (Lipinski definition) is 5. The lowest BCUT2D eigenvalue weighted by Gasteiger charge is -2.26. The standard InChI is InChI=1S/C25H14BrCl2N3O4/c26-20-10-14(11-21(28)22(20)35-13-16-4-2-1-3-15(16)12-29)9-19-23(32)30-25(34)31(24(19)33)18-7-5-17(27)6-8-18/h1-11H,13H2,(H,30,32,34)/b19-9+. The second kappa shape index (κ2) is 10.3. The van der Waals surface area contributed by atoms with Crippen LogP contribution in [-0.4, -0.2) is 17.8 Å². The zero-order chi connectivity index (χ0) is 25.1. The minimum Gasteiger partial charge on any atom is -0.486 e. The van der Waals surface area contributed by atoms with E-state index < -0.39 is 17.8 Å². The number of urea groups is 1. The SMILES string of the molecule is N#Cc1ccccc1COc1c(Cl)cc(/C=C2\C(=O)NC(=O)N(c3ccc(Cl)cc3)C2=O)cc1Br. The highest BCUT2D eigenvalue weighted by atomic mass is 79.9. The van der Waals surface area contributed by atoms with Crippen LogP contribution in [0, 0.1) is 11.3 Å². The number of halogens is 3. The Labute approximate surface area is 218 Å². The van der Waals surface area contributed by atoms with E-state index in [1.807, 2.05) is 0 Å². The molecule has 3 aromatic carbocycles. The maximum Gasteiger partial charge on any atom is 0.335 e. The van der Waals surface area contributed by atoms with Gasteiger partial charge in [0.25, 0.3) is 11.8 Å². The molecule has 1 saturated heterocycles. The molecule has 4 rings (SSSR count). The molecular weight excluding hydrogens is 557 g/mol. The van der Waals surface area contributed by atoms with Crippen molar-refractivity contribution < 1.29 is 19.1 Å². The Hall–Kier alpha value is -3.64. The van der Waals surface area contributed by atoms with Gasteiger partial charge in [-0.05, 0) is 70.0 Å². The van der Waals surface area contributed by atoms with Crippen LogP contribution in [0.25, 0.3) is 6.08 Å². The number of nitrogens with zero attached hydrogens (tertiary/aromatic N) is 2. The average Bonchev–Trinajstić information content (AvgIpc) is 2.82. The van der Waals surface area contributed by atoms with Crippen molar-refractivity contribution in [3.63, 3.8) is 0 Å². The van der Waals surface area contributed by atoms with Crippen LogP contribution in [0.3, 0.4) is 0 Å². The van der Waals surface area contributed by atoms with E-state index in [0.717, 1.165) is 4.90 Å². The van der Waals surface area contributed by atoms with Crippen molar-refractivity contribution in [2.75, 3.05) is 4.90 Å². The van der Waals surface area contributed by atoms with Gasteiger partial charge in [-0.2, -0.15) is 5.26 Å². The van der Waals surface area contributed by atoms with Gasteiger partial charge in [0.15, 0.2) is 5.75 Å². The molecule has 0 saturated carbocycles. The van der Waals surface area contributed by atoms with Crippen molar-refractivity contribution >= 4 is 68.7 Å². The number of hydrogen-bond donors (Lipinski definition) is 1. The zero-order valence-electron chi connectivity index (χ0n) is 17.7. The first-order chi connectivity index (χ1) is 16.8. The largest absolute Gasteiger partial charge is 0.486 e. The zero-order valence-corrected chi connectivity index (χ0v) is 20.8. The number of imide groups is 2. The van der Waals surface area contributed by atoms with E-state index in [4.69, 9.17) is 27.9 Å². The molecule has 1 aliphatic rings. The fourth-order valence-corrected chi connectivity index (χ4v) is 4.47. The highest BCUT2D eigenvalue weighted by Gasteiger charge is 2.36. The van der Waals surface area contributed by atoms with Crippen molar-refractivity contribution in [2.45, 2.75) is 6.61 Å². The molecule has 0 unspecified atom stereocenters. The van der Waals surface area contributed by atoms with Gasteiger partial charge in [0.05, 0.1) is 26.8 Å². The lowest BCUT2D eigenvalue weighted by Crippen LogP contribution is -2.54. The van der Waals surface area contributed by atoms with Gasteiger partial charge in [0.1, 0.15) is 12.2 Å². The van der Waals surface area contributed by atoms with Gasteiger partial charge >= 0.3 is 6.03 Å². The van der Waals surface area contributed by atoms with Gasteiger partial charge in [-0.1, -0.05) is 41.4 Å². The molecule has 1 aliphatic heterocycles. The average molecular weight is 571 g/mol. The second-order valence-corrected chi connectivity index (χ2v) is 9.00. The Bertz CT molecular complexity index is 1410. The predicted molar refractivity (Wildman–Crippen MR) is 135 cm³/mol. The third-order valence-corrected chi connectivity index (χ3v) is 6.15. The Balaban J connectivity index is 1.61. The number of amides is 4. The summed E-state index contributed by atoms with van der Waals surface area (Å²) >= 11 is 15.7. The Morgan fingerprint density at radius 3 is 2.46 bits per heavy atom. The number of anilines is 1. The molecular formula is C25H14BrCl2N3O4. The summed E-state index contributed by atoms with van der Waals surface area (Å²) in [6.45, 7) is 0.113. The Morgan fingerprint density at radius 1 is 1.06 bits per heavy atom. The van der Waals surface area contributed by atoms with Gasteiger partial charge < -0.3 is 4.74 Å². The molecule has 7 nitrogen and oxygen atoms in total. The van der Waals surface area contributed by atoms with Crippen molar-refractivity contribution in [3.8, 4) is 11.8 Å². The molecule has 1 N–H and O–H groups in total. The minimum absolute atomic E-state index is 0.113. The molecule has 0 bridgehead atoms. The normalized spacial score (nSPS) is 14.6. The summed E-state index contributed by atoms with van der Waals surface area (Å²) in [6.07, 6.45) is 1.33. The number of carbonyl (C=O) groups excluding carboxylic acids is 3. The van der Waals surface area contributed by atoms with E-state index in [-0.39, 0.29) is 22.9 Å². The maximum atomic E-state index is 13.0. The number of ether oxygens (including phenoxy) is 1. The van der Waals surface area contributed by atoms with E-state index in [1.54, 1.807) is 30.3 Å².